The average molecular weight is 257 g/mol. The molecule has 1 unspecified atom stereocenters. The molecule has 1 atom stereocenters. The molecule has 0 bridgehead atoms. The van der Waals surface area contributed by atoms with E-state index in [1.165, 1.54) is 11.3 Å². The first-order valence-corrected chi connectivity index (χ1v) is 6.47. The fraction of sp³-hybridized carbons (Fsp3) is 0.636. The van der Waals surface area contributed by atoms with E-state index in [0.29, 0.717) is 17.7 Å². The largest absolute Gasteiger partial charge is 0.449 e. The Labute approximate surface area is 106 Å². The number of nitrogens with one attached hydrogen (secondary N) is 2. The monoisotopic (exact) mass is 257 g/mol. The Balaban J connectivity index is 2.46. The van der Waals surface area contributed by atoms with Crippen LogP contribution in [0.25, 0.3) is 0 Å². The van der Waals surface area contributed by atoms with Crippen LogP contribution in [0.1, 0.15) is 32.5 Å². The number of rotatable bonds is 5. The second kappa shape index (κ2) is 6.56. The first-order chi connectivity index (χ1) is 8.02. The van der Waals surface area contributed by atoms with Crippen molar-refractivity contribution >= 4 is 22.6 Å². The quantitative estimate of drug-likeness (QED) is 0.851. The number of aromatic nitrogens is 1. The van der Waals surface area contributed by atoms with Crippen molar-refractivity contribution < 1.29 is 9.53 Å². The van der Waals surface area contributed by atoms with Crippen LogP contribution in [0.15, 0.2) is 5.38 Å². The van der Waals surface area contributed by atoms with Crippen LogP contribution in [0.5, 0.6) is 0 Å². The van der Waals surface area contributed by atoms with Crippen LogP contribution in [0, 0.1) is 5.92 Å². The van der Waals surface area contributed by atoms with Gasteiger partial charge in [0.05, 0.1) is 12.3 Å². The summed E-state index contributed by atoms with van der Waals surface area (Å²) in [6, 6.07) is 0.175. The number of amides is 1. The summed E-state index contributed by atoms with van der Waals surface area (Å²) in [7, 11) is 1.87. The second-order valence-electron chi connectivity index (χ2n) is 4.21. The first kappa shape index (κ1) is 13.9. The number of nitrogens with zero attached hydrogens (tertiary/aromatic N) is 1. The predicted molar refractivity (Wildman–Crippen MR) is 69.4 cm³/mol. The highest BCUT2D eigenvalue weighted by molar-refractivity contribution is 7.13. The highest BCUT2D eigenvalue weighted by Crippen LogP contribution is 2.20. The number of hydrogen-bond acceptors (Lipinski definition) is 5. The maximum Gasteiger partial charge on any atom is 0.413 e. The molecule has 5 nitrogen and oxygen atoms in total. The van der Waals surface area contributed by atoms with Gasteiger partial charge in [-0.05, 0) is 19.9 Å². The van der Waals surface area contributed by atoms with Crippen molar-refractivity contribution in [3.63, 3.8) is 0 Å². The minimum absolute atomic E-state index is 0.175. The van der Waals surface area contributed by atoms with Gasteiger partial charge in [-0.3, -0.25) is 5.32 Å². The molecule has 0 fully saturated rings. The maximum atomic E-state index is 11.4. The van der Waals surface area contributed by atoms with Gasteiger partial charge in [0.25, 0.3) is 0 Å². The fourth-order valence-corrected chi connectivity index (χ4v) is 1.85. The first-order valence-electron chi connectivity index (χ1n) is 5.59. The predicted octanol–water partition coefficient (Wildman–Crippen LogP) is 2.63. The summed E-state index contributed by atoms with van der Waals surface area (Å²) in [5, 5.41) is 8.18. The molecule has 0 aliphatic rings. The highest BCUT2D eigenvalue weighted by Gasteiger charge is 2.11. The highest BCUT2D eigenvalue weighted by atomic mass is 32.1. The third kappa shape index (κ3) is 4.70. The van der Waals surface area contributed by atoms with Crippen molar-refractivity contribution in [2.24, 2.45) is 5.92 Å². The van der Waals surface area contributed by atoms with Gasteiger partial charge >= 0.3 is 6.09 Å². The van der Waals surface area contributed by atoms with Crippen molar-refractivity contribution in [1.29, 1.82) is 0 Å². The lowest BCUT2D eigenvalue weighted by Gasteiger charge is -2.07. The van der Waals surface area contributed by atoms with Gasteiger partial charge in [0, 0.05) is 11.4 Å². The zero-order chi connectivity index (χ0) is 12.8. The van der Waals surface area contributed by atoms with Crippen LogP contribution >= 0.6 is 11.3 Å². The molecule has 0 aliphatic carbocycles. The SMILES string of the molecule is CNC(C)c1csc(NC(=O)OCC(C)C)n1. The van der Waals surface area contributed by atoms with E-state index in [4.69, 9.17) is 4.74 Å². The Kier molecular flexibility index (Phi) is 5.37. The molecule has 1 aromatic heterocycles. The van der Waals surface area contributed by atoms with Crippen molar-refractivity contribution in [2.75, 3.05) is 19.0 Å². The molecule has 0 aliphatic heterocycles. The summed E-state index contributed by atoms with van der Waals surface area (Å²) >= 11 is 1.39. The van der Waals surface area contributed by atoms with Gasteiger partial charge in [0.1, 0.15) is 0 Å². The number of ether oxygens (including phenoxy) is 1. The molecule has 0 spiro atoms. The average Bonchev–Trinajstić information content (AvgIpc) is 2.73. The van der Waals surface area contributed by atoms with E-state index in [9.17, 15) is 4.79 Å². The summed E-state index contributed by atoms with van der Waals surface area (Å²) < 4.78 is 5.00. The van der Waals surface area contributed by atoms with E-state index in [1.807, 2.05) is 33.2 Å². The lowest BCUT2D eigenvalue weighted by atomic mass is 10.2. The standard InChI is InChI=1S/C11H19N3O2S/c1-7(2)5-16-11(15)14-10-13-9(6-17-10)8(3)12-4/h6-8,12H,5H2,1-4H3,(H,13,14,15). The van der Waals surface area contributed by atoms with Gasteiger partial charge in [0.15, 0.2) is 5.13 Å². The van der Waals surface area contributed by atoms with Gasteiger partial charge in [0.2, 0.25) is 0 Å². The third-order valence-electron chi connectivity index (χ3n) is 2.16. The molecule has 2 N–H and O–H groups in total. The lowest BCUT2D eigenvalue weighted by molar-refractivity contribution is 0.147. The fourth-order valence-electron chi connectivity index (χ4n) is 1.06. The molecule has 96 valence electrons. The summed E-state index contributed by atoms with van der Waals surface area (Å²) in [6.07, 6.45) is -0.447. The minimum atomic E-state index is -0.447. The zero-order valence-corrected chi connectivity index (χ0v) is 11.4. The topological polar surface area (TPSA) is 63.2 Å². The third-order valence-corrected chi connectivity index (χ3v) is 2.93. The number of hydrogen-bond donors (Lipinski definition) is 2. The van der Waals surface area contributed by atoms with Crippen LogP contribution in [0.4, 0.5) is 9.93 Å². The van der Waals surface area contributed by atoms with Crippen LogP contribution in [-0.4, -0.2) is 24.7 Å². The van der Waals surface area contributed by atoms with Crippen LogP contribution in [-0.2, 0) is 4.74 Å². The summed E-state index contributed by atoms with van der Waals surface area (Å²) in [5.41, 5.74) is 0.914. The second-order valence-corrected chi connectivity index (χ2v) is 5.06. The maximum absolute atomic E-state index is 11.4. The molecule has 0 saturated heterocycles. The molecule has 0 aromatic carbocycles. The van der Waals surface area contributed by atoms with E-state index >= 15 is 0 Å². The van der Waals surface area contributed by atoms with Gasteiger partial charge in [-0.15, -0.1) is 11.3 Å². The van der Waals surface area contributed by atoms with Crippen molar-refractivity contribution in [3.05, 3.63) is 11.1 Å². The number of carbonyl (C=O) groups excluding carboxylic acids is 1. The Morgan fingerprint density at radius 2 is 2.24 bits per heavy atom. The Morgan fingerprint density at radius 3 is 2.82 bits per heavy atom. The molecule has 1 heterocycles. The normalized spacial score (nSPS) is 12.5. The molecular weight excluding hydrogens is 238 g/mol. The molecule has 17 heavy (non-hydrogen) atoms. The minimum Gasteiger partial charge on any atom is -0.449 e. The Morgan fingerprint density at radius 1 is 1.53 bits per heavy atom. The molecule has 0 saturated carbocycles. The summed E-state index contributed by atoms with van der Waals surface area (Å²) in [4.78, 5) is 15.7. The smallest absolute Gasteiger partial charge is 0.413 e. The Bertz CT molecular complexity index is 365. The van der Waals surface area contributed by atoms with E-state index < -0.39 is 6.09 Å². The van der Waals surface area contributed by atoms with Crippen LogP contribution in [0.2, 0.25) is 0 Å². The number of carbonyl (C=O) groups is 1. The summed E-state index contributed by atoms with van der Waals surface area (Å²) in [6.45, 7) is 6.40. The van der Waals surface area contributed by atoms with Crippen molar-refractivity contribution in [2.45, 2.75) is 26.8 Å². The van der Waals surface area contributed by atoms with Crippen LogP contribution in [0.3, 0.4) is 0 Å². The Hall–Kier alpha value is -1.14. The van der Waals surface area contributed by atoms with Crippen LogP contribution < -0.4 is 10.6 Å². The van der Waals surface area contributed by atoms with E-state index in [1.54, 1.807) is 0 Å². The zero-order valence-electron chi connectivity index (χ0n) is 10.6. The summed E-state index contributed by atoms with van der Waals surface area (Å²) in [5.74, 6) is 0.330. The van der Waals surface area contributed by atoms with Gasteiger partial charge in [-0.25, -0.2) is 9.78 Å². The van der Waals surface area contributed by atoms with Gasteiger partial charge in [-0.2, -0.15) is 0 Å². The number of anilines is 1. The van der Waals surface area contributed by atoms with Gasteiger partial charge in [-0.1, -0.05) is 13.8 Å². The van der Waals surface area contributed by atoms with Crippen molar-refractivity contribution in [3.8, 4) is 0 Å². The van der Waals surface area contributed by atoms with Gasteiger partial charge < -0.3 is 10.1 Å². The molecule has 1 aromatic rings. The molecule has 0 radical (unpaired) electrons. The lowest BCUT2D eigenvalue weighted by Crippen LogP contribution is -2.17. The van der Waals surface area contributed by atoms with E-state index in [2.05, 4.69) is 15.6 Å². The number of thiazole rings is 1. The molecule has 6 heteroatoms. The molecule has 1 rings (SSSR count). The van der Waals surface area contributed by atoms with Crippen molar-refractivity contribution in [1.82, 2.24) is 10.3 Å². The van der Waals surface area contributed by atoms with E-state index in [-0.39, 0.29) is 6.04 Å². The van der Waals surface area contributed by atoms with E-state index in [0.717, 1.165) is 5.69 Å². The molecule has 1 amide bonds. The molecular formula is C11H19N3O2S.